The highest BCUT2D eigenvalue weighted by Gasteiger charge is 1.77. The lowest BCUT2D eigenvalue weighted by molar-refractivity contribution is 1.18. The molecule has 0 aliphatic carbocycles. The van der Waals surface area contributed by atoms with Crippen molar-refractivity contribution in [2.45, 2.75) is 6.92 Å². The third-order valence-electron chi connectivity index (χ3n) is 0.770. The average Bonchev–Trinajstić information content (AvgIpc) is 1.83. The van der Waals surface area contributed by atoms with E-state index in [1.165, 1.54) is 0 Å². The van der Waals surface area contributed by atoms with Gasteiger partial charge in [-0.3, -0.25) is 5.41 Å². The molecule has 0 unspecified atom stereocenters. The number of rotatable bonds is 3. The third-order valence-corrected chi connectivity index (χ3v) is 0.770. The third kappa shape index (κ3) is 2.18. The standard InChI is InChI=1S/C6H10N2/c1-3-6(4-2)8-5-7/h3-5H,1H2,2H3,(H2,7,8)/b6-4+. The van der Waals surface area contributed by atoms with E-state index >= 15 is 0 Å². The van der Waals surface area contributed by atoms with Gasteiger partial charge in [-0.1, -0.05) is 12.7 Å². The molecule has 2 nitrogen and oxygen atoms in total. The van der Waals surface area contributed by atoms with Crippen molar-refractivity contribution in [1.82, 2.24) is 5.32 Å². The molecule has 8 heavy (non-hydrogen) atoms. The topological polar surface area (TPSA) is 35.9 Å². The fourth-order valence-corrected chi connectivity index (χ4v) is 0.343. The molecule has 0 amide bonds. The molecule has 0 rings (SSSR count). The predicted octanol–water partition coefficient (Wildman–Crippen LogP) is 1.27. The highest BCUT2D eigenvalue weighted by atomic mass is 14.9. The Balaban J connectivity index is 3.71. The van der Waals surface area contributed by atoms with Crippen LogP contribution in [0.2, 0.25) is 0 Å². The molecule has 0 aromatic rings. The van der Waals surface area contributed by atoms with Crippen molar-refractivity contribution >= 4 is 6.34 Å². The molecule has 44 valence electrons. The van der Waals surface area contributed by atoms with Gasteiger partial charge in [-0.15, -0.1) is 0 Å². The van der Waals surface area contributed by atoms with Crippen LogP contribution < -0.4 is 5.32 Å². The van der Waals surface area contributed by atoms with Crippen molar-refractivity contribution in [3.8, 4) is 0 Å². The summed E-state index contributed by atoms with van der Waals surface area (Å²) in [4.78, 5) is 0. The van der Waals surface area contributed by atoms with E-state index in [0.29, 0.717) is 0 Å². The van der Waals surface area contributed by atoms with Crippen LogP contribution in [0, 0.1) is 5.41 Å². The minimum Gasteiger partial charge on any atom is -0.347 e. The zero-order chi connectivity index (χ0) is 6.41. The van der Waals surface area contributed by atoms with E-state index in [-0.39, 0.29) is 0 Å². The minimum atomic E-state index is 0.861. The average molecular weight is 110 g/mol. The van der Waals surface area contributed by atoms with Crippen LogP contribution in [0.5, 0.6) is 0 Å². The summed E-state index contributed by atoms with van der Waals surface area (Å²) in [5.74, 6) is 0. The molecule has 0 saturated heterocycles. The Hall–Kier alpha value is -1.05. The van der Waals surface area contributed by atoms with E-state index in [0.717, 1.165) is 12.0 Å². The normalized spacial score (nSPS) is 10.4. The van der Waals surface area contributed by atoms with Crippen LogP contribution in [-0.4, -0.2) is 6.34 Å². The lowest BCUT2D eigenvalue weighted by Crippen LogP contribution is -2.06. The molecule has 2 heteroatoms. The maximum absolute atomic E-state index is 6.62. The van der Waals surface area contributed by atoms with Crippen LogP contribution >= 0.6 is 0 Å². The van der Waals surface area contributed by atoms with Crippen LogP contribution in [0.3, 0.4) is 0 Å². The van der Waals surface area contributed by atoms with E-state index in [1.807, 2.05) is 13.0 Å². The lowest BCUT2D eigenvalue weighted by atomic mass is 10.4. The summed E-state index contributed by atoms with van der Waals surface area (Å²) in [5, 5.41) is 9.28. The van der Waals surface area contributed by atoms with Gasteiger partial charge in [0.15, 0.2) is 0 Å². The van der Waals surface area contributed by atoms with E-state index in [9.17, 15) is 0 Å². The Labute approximate surface area is 49.4 Å². The number of hydrogen-bond donors (Lipinski definition) is 2. The van der Waals surface area contributed by atoms with Crippen molar-refractivity contribution in [3.63, 3.8) is 0 Å². The molecule has 0 fully saturated rings. The summed E-state index contributed by atoms with van der Waals surface area (Å²) in [5.41, 5.74) is 0.861. The van der Waals surface area contributed by atoms with Gasteiger partial charge in [-0.05, 0) is 13.0 Å². The Morgan fingerprint density at radius 3 is 2.50 bits per heavy atom. The summed E-state index contributed by atoms with van der Waals surface area (Å²) < 4.78 is 0. The molecule has 0 spiro atoms. The number of nitrogens with one attached hydrogen (secondary N) is 2. The van der Waals surface area contributed by atoms with Crippen molar-refractivity contribution in [3.05, 3.63) is 24.4 Å². The largest absolute Gasteiger partial charge is 0.347 e. The molecule has 0 aliphatic rings. The van der Waals surface area contributed by atoms with Crippen LogP contribution in [0.4, 0.5) is 0 Å². The van der Waals surface area contributed by atoms with Crippen molar-refractivity contribution in [2.75, 3.05) is 0 Å². The molecule has 0 atom stereocenters. The second-order valence-electron chi connectivity index (χ2n) is 1.24. The highest BCUT2D eigenvalue weighted by molar-refractivity contribution is 5.54. The molecule has 0 aromatic heterocycles. The molecule has 0 aliphatic heterocycles. The van der Waals surface area contributed by atoms with Crippen molar-refractivity contribution in [2.24, 2.45) is 0 Å². The number of allylic oxidation sites excluding steroid dienone is 2. The van der Waals surface area contributed by atoms with E-state index in [1.54, 1.807) is 6.08 Å². The Morgan fingerprint density at radius 1 is 1.75 bits per heavy atom. The molecular formula is C6H10N2. The van der Waals surface area contributed by atoms with E-state index in [2.05, 4.69) is 11.9 Å². The fraction of sp³-hybridized carbons (Fsp3) is 0.167. The zero-order valence-electron chi connectivity index (χ0n) is 4.94. The van der Waals surface area contributed by atoms with Gasteiger partial charge in [-0.2, -0.15) is 0 Å². The van der Waals surface area contributed by atoms with Crippen molar-refractivity contribution < 1.29 is 0 Å². The second-order valence-corrected chi connectivity index (χ2v) is 1.24. The zero-order valence-corrected chi connectivity index (χ0v) is 4.94. The summed E-state index contributed by atoms with van der Waals surface area (Å²) >= 11 is 0. The fourth-order valence-electron chi connectivity index (χ4n) is 0.343. The van der Waals surface area contributed by atoms with Gasteiger partial charge >= 0.3 is 0 Å². The maximum Gasteiger partial charge on any atom is 0.0835 e. The SMILES string of the molecule is C=C/C(=C\C)NC=N. The van der Waals surface area contributed by atoms with E-state index in [4.69, 9.17) is 5.41 Å². The first-order valence-corrected chi connectivity index (χ1v) is 2.39. The van der Waals surface area contributed by atoms with Gasteiger partial charge in [0.05, 0.1) is 6.34 Å². The predicted molar refractivity (Wildman–Crippen MR) is 35.9 cm³/mol. The Kier molecular flexibility index (Phi) is 3.58. The lowest BCUT2D eigenvalue weighted by Gasteiger charge is -1.94. The summed E-state index contributed by atoms with van der Waals surface area (Å²) in [6.07, 6.45) is 4.63. The van der Waals surface area contributed by atoms with Gasteiger partial charge in [-0.25, -0.2) is 0 Å². The Bertz CT molecular complexity index is 114. The first-order valence-electron chi connectivity index (χ1n) is 2.39. The van der Waals surface area contributed by atoms with E-state index < -0.39 is 0 Å². The van der Waals surface area contributed by atoms with Gasteiger partial charge < -0.3 is 5.32 Å². The van der Waals surface area contributed by atoms with Gasteiger partial charge in [0.2, 0.25) is 0 Å². The quantitative estimate of drug-likeness (QED) is 0.320. The van der Waals surface area contributed by atoms with Crippen LogP contribution in [0.1, 0.15) is 6.92 Å². The summed E-state index contributed by atoms with van der Waals surface area (Å²) in [7, 11) is 0. The van der Waals surface area contributed by atoms with Crippen molar-refractivity contribution in [1.29, 1.82) is 5.41 Å². The molecule has 0 aromatic carbocycles. The Morgan fingerprint density at radius 2 is 2.38 bits per heavy atom. The molecule has 0 heterocycles. The number of hydrogen-bond acceptors (Lipinski definition) is 1. The highest BCUT2D eigenvalue weighted by Crippen LogP contribution is 1.84. The van der Waals surface area contributed by atoms with Gasteiger partial charge in [0.25, 0.3) is 0 Å². The summed E-state index contributed by atoms with van der Waals surface area (Å²) in [6, 6.07) is 0. The molecule has 0 saturated carbocycles. The van der Waals surface area contributed by atoms with Crippen LogP contribution in [0.25, 0.3) is 0 Å². The van der Waals surface area contributed by atoms with Gasteiger partial charge in [0, 0.05) is 5.70 Å². The molecular weight excluding hydrogens is 100 g/mol. The smallest absolute Gasteiger partial charge is 0.0835 e. The van der Waals surface area contributed by atoms with Gasteiger partial charge in [0.1, 0.15) is 0 Å². The minimum absolute atomic E-state index is 0.861. The summed E-state index contributed by atoms with van der Waals surface area (Å²) in [6.45, 7) is 5.40. The second kappa shape index (κ2) is 4.12. The van der Waals surface area contributed by atoms with Crippen LogP contribution in [0.15, 0.2) is 24.4 Å². The monoisotopic (exact) mass is 110 g/mol. The molecule has 2 N–H and O–H groups in total. The first-order chi connectivity index (χ1) is 3.85. The maximum atomic E-state index is 6.62. The molecule has 0 radical (unpaired) electrons. The molecule has 0 bridgehead atoms. The van der Waals surface area contributed by atoms with Crippen LogP contribution in [-0.2, 0) is 0 Å². The first kappa shape index (κ1) is 6.95.